The molecule has 0 aliphatic heterocycles. The highest BCUT2D eigenvalue weighted by molar-refractivity contribution is 7.19. The van der Waals surface area contributed by atoms with E-state index in [1.165, 1.54) is 23.6 Å². The second-order valence-electron chi connectivity index (χ2n) is 4.09. The van der Waals surface area contributed by atoms with Gasteiger partial charge in [0, 0.05) is 0 Å². The Labute approximate surface area is 126 Å². The third-order valence-electron chi connectivity index (χ3n) is 2.78. The van der Waals surface area contributed by atoms with Gasteiger partial charge in [0.15, 0.2) is 11.3 Å². The molecule has 0 atom stereocenters. The summed E-state index contributed by atoms with van der Waals surface area (Å²) >= 11 is 7.13. The Morgan fingerprint density at radius 1 is 1.38 bits per heavy atom. The molecule has 0 radical (unpaired) electrons. The molecule has 0 bridgehead atoms. The molecule has 0 aliphatic carbocycles. The van der Waals surface area contributed by atoms with Crippen molar-refractivity contribution in [1.82, 2.24) is 14.6 Å². The lowest BCUT2D eigenvalue weighted by molar-refractivity contribution is 0.0687. The Morgan fingerprint density at radius 2 is 2.14 bits per heavy atom. The van der Waals surface area contributed by atoms with E-state index in [1.54, 1.807) is 12.1 Å². The van der Waals surface area contributed by atoms with Gasteiger partial charge in [-0.05, 0) is 18.2 Å². The molecule has 0 unspecified atom stereocenters. The van der Waals surface area contributed by atoms with Gasteiger partial charge in [0.1, 0.15) is 5.56 Å². The number of hydrogen-bond acceptors (Lipinski definition) is 5. The van der Waals surface area contributed by atoms with E-state index in [2.05, 4.69) is 10.1 Å². The fourth-order valence-electron chi connectivity index (χ4n) is 1.87. The second kappa shape index (κ2) is 4.83. The molecular formula is C12H7ClN4O3S. The van der Waals surface area contributed by atoms with Crippen molar-refractivity contribution in [3.05, 3.63) is 40.0 Å². The SMILES string of the molecule is NC(=O)c1cnn2c(C(=O)O)cc(-c3ccc(Cl)s3)nc12. The van der Waals surface area contributed by atoms with Crippen LogP contribution in [0.25, 0.3) is 16.2 Å². The predicted molar refractivity (Wildman–Crippen MR) is 76.8 cm³/mol. The molecule has 0 fully saturated rings. The maximum atomic E-state index is 11.4. The molecule has 3 aromatic rings. The number of carbonyl (C=O) groups is 2. The van der Waals surface area contributed by atoms with E-state index in [4.69, 9.17) is 17.3 Å². The van der Waals surface area contributed by atoms with Gasteiger partial charge in [0.05, 0.1) is 21.1 Å². The lowest BCUT2D eigenvalue weighted by Crippen LogP contribution is -2.13. The van der Waals surface area contributed by atoms with Gasteiger partial charge in [-0.1, -0.05) is 11.6 Å². The topological polar surface area (TPSA) is 111 Å². The summed E-state index contributed by atoms with van der Waals surface area (Å²) in [6.07, 6.45) is 1.20. The van der Waals surface area contributed by atoms with Crippen molar-refractivity contribution >= 4 is 40.5 Å². The van der Waals surface area contributed by atoms with E-state index < -0.39 is 11.9 Å². The van der Waals surface area contributed by atoms with Crippen LogP contribution in [0.5, 0.6) is 0 Å². The highest BCUT2D eigenvalue weighted by atomic mass is 35.5. The molecule has 0 spiro atoms. The van der Waals surface area contributed by atoms with E-state index in [0.717, 1.165) is 4.52 Å². The van der Waals surface area contributed by atoms with Gasteiger partial charge < -0.3 is 10.8 Å². The molecule has 3 N–H and O–H groups in total. The van der Waals surface area contributed by atoms with Crippen LogP contribution in [0.1, 0.15) is 20.8 Å². The fourth-order valence-corrected chi connectivity index (χ4v) is 2.87. The average Bonchev–Trinajstić information content (AvgIpc) is 3.03. The summed E-state index contributed by atoms with van der Waals surface area (Å²) in [7, 11) is 0. The maximum Gasteiger partial charge on any atom is 0.354 e. The molecule has 3 heterocycles. The molecule has 106 valence electrons. The van der Waals surface area contributed by atoms with Crippen molar-refractivity contribution in [2.45, 2.75) is 0 Å². The zero-order valence-electron chi connectivity index (χ0n) is 10.3. The van der Waals surface area contributed by atoms with Crippen LogP contribution < -0.4 is 5.73 Å². The van der Waals surface area contributed by atoms with E-state index in [-0.39, 0.29) is 16.9 Å². The highest BCUT2D eigenvalue weighted by Gasteiger charge is 2.19. The molecule has 0 saturated carbocycles. The molecule has 0 aromatic carbocycles. The van der Waals surface area contributed by atoms with E-state index in [1.807, 2.05) is 0 Å². The maximum absolute atomic E-state index is 11.4. The number of aromatic nitrogens is 3. The summed E-state index contributed by atoms with van der Waals surface area (Å²) in [6, 6.07) is 4.77. The number of amides is 1. The Morgan fingerprint density at radius 3 is 2.71 bits per heavy atom. The van der Waals surface area contributed by atoms with Crippen LogP contribution in [-0.2, 0) is 0 Å². The van der Waals surface area contributed by atoms with Crippen molar-refractivity contribution in [1.29, 1.82) is 0 Å². The number of thiophene rings is 1. The number of nitrogens with zero attached hydrogens (tertiary/aromatic N) is 3. The van der Waals surface area contributed by atoms with Crippen molar-refractivity contribution < 1.29 is 14.7 Å². The van der Waals surface area contributed by atoms with Gasteiger partial charge in [-0.3, -0.25) is 4.79 Å². The Bertz CT molecular complexity index is 886. The zero-order chi connectivity index (χ0) is 15.1. The third kappa shape index (κ3) is 2.24. The molecule has 3 aromatic heterocycles. The molecule has 0 aliphatic rings. The minimum absolute atomic E-state index is 0.0574. The summed E-state index contributed by atoms with van der Waals surface area (Å²) in [5, 5.41) is 13.1. The molecule has 21 heavy (non-hydrogen) atoms. The van der Waals surface area contributed by atoms with Gasteiger partial charge in [-0.15, -0.1) is 11.3 Å². The number of carboxylic acid groups (broad SMARTS) is 1. The number of hydrogen-bond donors (Lipinski definition) is 2. The Hall–Kier alpha value is -2.45. The Balaban J connectivity index is 2.34. The first-order chi connectivity index (χ1) is 9.97. The number of halogens is 1. The monoisotopic (exact) mass is 322 g/mol. The molecule has 1 amide bonds. The standard InChI is InChI=1S/C12H7ClN4O3S/c13-9-2-1-8(21-9)6-3-7(12(19)20)17-11(16-6)5(4-15-17)10(14)18/h1-4H,(H2,14,18)(H,19,20). The fraction of sp³-hybridized carbons (Fsp3) is 0. The first-order valence-electron chi connectivity index (χ1n) is 5.65. The lowest BCUT2D eigenvalue weighted by atomic mass is 10.2. The molecule has 3 rings (SSSR count). The lowest BCUT2D eigenvalue weighted by Gasteiger charge is -2.04. The van der Waals surface area contributed by atoms with Crippen LogP contribution in [0.2, 0.25) is 4.34 Å². The second-order valence-corrected chi connectivity index (χ2v) is 5.81. The van der Waals surface area contributed by atoms with Gasteiger partial charge in [-0.25, -0.2) is 14.3 Å². The van der Waals surface area contributed by atoms with E-state index in [9.17, 15) is 14.7 Å². The number of rotatable bonds is 3. The summed E-state index contributed by atoms with van der Waals surface area (Å²) < 4.78 is 1.62. The molecular weight excluding hydrogens is 316 g/mol. The summed E-state index contributed by atoms with van der Waals surface area (Å²) in [4.78, 5) is 27.7. The van der Waals surface area contributed by atoms with Crippen molar-refractivity contribution in [2.75, 3.05) is 0 Å². The number of fused-ring (bicyclic) bond motifs is 1. The first kappa shape index (κ1) is 13.5. The van der Waals surface area contributed by atoms with Gasteiger partial charge in [0.2, 0.25) is 0 Å². The van der Waals surface area contributed by atoms with E-state index >= 15 is 0 Å². The van der Waals surface area contributed by atoms with Crippen LogP contribution in [0.3, 0.4) is 0 Å². The van der Waals surface area contributed by atoms with Gasteiger partial charge in [0.25, 0.3) is 5.91 Å². The normalized spacial score (nSPS) is 10.9. The van der Waals surface area contributed by atoms with Crippen LogP contribution in [0, 0.1) is 0 Å². The van der Waals surface area contributed by atoms with Gasteiger partial charge >= 0.3 is 5.97 Å². The smallest absolute Gasteiger partial charge is 0.354 e. The molecule has 0 saturated heterocycles. The first-order valence-corrected chi connectivity index (χ1v) is 6.84. The summed E-state index contributed by atoms with van der Waals surface area (Å²) in [5.41, 5.74) is 5.67. The van der Waals surface area contributed by atoms with Crippen molar-refractivity contribution in [3.8, 4) is 10.6 Å². The number of nitrogens with two attached hydrogens (primary N) is 1. The van der Waals surface area contributed by atoms with Gasteiger partial charge in [-0.2, -0.15) is 5.10 Å². The summed E-state index contributed by atoms with van der Waals surface area (Å²) in [5.74, 6) is -1.92. The highest BCUT2D eigenvalue weighted by Crippen LogP contribution is 2.31. The third-order valence-corrected chi connectivity index (χ3v) is 4.04. The number of carboxylic acids is 1. The molecule has 9 heteroatoms. The van der Waals surface area contributed by atoms with Crippen molar-refractivity contribution in [2.24, 2.45) is 5.73 Å². The zero-order valence-corrected chi connectivity index (χ0v) is 11.9. The average molecular weight is 323 g/mol. The largest absolute Gasteiger partial charge is 0.477 e. The number of aromatic carboxylic acids is 1. The van der Waals surface area contributed by atoms with Crippen LogP contribution in [-0.4, -0.2) is 31.6 Å². The predicted octanol–water partition coefficient (Wildman–Crippen LogP) is 1.91. The number of primary amides is 1. The summed E-state index contributed by atoms with van der Waals surface area (Å²) in [6.45, 7) is 0. The van der Waals surface area contributed by atoms with Crippen LogP contribution in [0.15, 0.2) is 24.4 Å². The Kier molecular flexibility index (Phi) is 3.11. The minimum atomic E-state index is -1.19. The van der Waals surface area contributed by atoms with E-state index in [0.29, 0.717) is 14.9 Å². The molecule has 7 nitrogen and oxygen atoms in total. The van der Waals surface area contributed by atoms with Crippen molar-refractivity contribution in [3.63, 3.8) is 0 Å². The quantitative estimate of drug-likeness (QED) is 0.765. The van der Waals surface area contributed by atoms with Crippen LogP contribution >= 0.6 is 22.9 Å². The number of carbonyl (C=O) groups excluding carboxylic acids is 1. The van der Waals surface area contributed by atoms with Crippen LogP contribution in [0.4, 0.5) is 0 Å². The minimum Gasteiger partial charge on any atom is -0.477 e.